The fraction of sp³-hybridized carbons (Fsp3) is 0. The van der Waals surface area contributed by atoms with E-state index in [0.717, 1.165) is 12.3 Å². The molecule has 2 aromatic heterocycles. The summed E-state index contributed by atoms with van der Waals surface area (Å²) in [6.45, 7) is 0. The lowest BCUT2D eigenvalue weighted by Gasteiger charge is -2.07. The number of carboxylic acids is 1. The predicted octanol–water partition coefficient (Wildman–Crippen LogP) is 1.97. The summed E-state index contributed by atoms with van der Waals surface area (Å²) in [4.78, 5) is 30.1. The summed E-state index contributed by atoms with van der Waals surface area (Å²) in [6, 6.07) is 2.73. The largest absolute Gasteiger partial charge is 0.478 e. The number of anilines is 1. The monoisotopic (exact) mass is 287 g/mol. The molecule has 0 spiro atoms. The van der Waals surface area contributed by atoms with Gasteiger partial charge in [0, 0.05) is 35.8 Å². The quantitative estimate of drug-likeness (QED) is 0.839. The van der Waals surface area contributed by atoms with Crippen LogP contribution in [0.3, 0.4) is 0 Å². The predicted molar refractivity (Wildman–Crippen MR) is 73.1 cm³/mol. The van der Waals surface area contributed by atoms with Crippen LogP contribution >= 0.6 is 0 Å². The molecule has 0 bridgehead atoms. The molecule has 0 fully saturated rings. The second kappa shape index (κ2) is 6.38. The number of pyridine rings is 2. The van der Waals surface area contributed by atoms with Gasteiger partial charge in [-0.3, -0.25) is 14.8 Å². The number of halogens is 1. The summed E-state index contributed by atoms with van der Waals surface area (Å²) in [5.41, 5.74) is 0.477. The van der Waals surface area contributed by atoms with Crippen LogP contribution < -0.4 is 5.32 Å². The summed E-state index contributed by atoms with van der Waals surface area (Å²) in [5, 5.41) is 11.0. The molecule has 2 heterocycles. The second-order valence-electron chi connectivity index (χ2n) is 3.94. The summed E-state index contributed by atoms with van der Waals surface area (Å²) < 4.78 is 13.4. The standard InChI is InChI=1S/C14H10FN3O3/c15-11-8-17-6-4-12(11)18-14(21)10-3-5-16-7-9(10)1-2-13(19)20/h1-8H,(H,19,20)(H,17,18,21)/b2-1+. The molecule has 6 nitrogen and oxygen atoms in total. The van der Waals surface area contributed by atoms with Gasteiger partial charge in [0.05, 0.1) is 11.9 Å². The highest BCUT2D eigenvalue weighted by molar-refractivity contribution is 6.07. The van der Waals surface area contributed by atoms with Crippen molar-refractivity contribution in [3.63, 3.8) is 0 Å². The molecule has 0 unspecified atom stereocenters. The number of hydrogen-bond acceptors (Lipinski definition) is 4. The number of nitrogens with zero attached hydrogens (tertiary/aromatic N) is 2. The fourth-order valence-corrected chi connectivity index (χ4v) is 1.57. The fourth-order valence-electron chi connectivity index (χ4n) is 1.57. The molecule has 0 aromatic carbocycles. The van der Waals surface area contributed by atoms with Gasteiger partial charge in [-0.05, 0) is 18.2 Å². The smallest absolute Gasteiger partial charge is 0.328 e. The summed E-state index contributed by atoms with van der Waals surface area (Å²) in [5.74, 6) is -2.39. The molecule has 1 amide bonds. The maximum absolute atomic E-state index is 13.4. The summed E-state index contributed by atoms with van der Waals surface area (Å²) >= 11 is 0. The van der Waals surface area contributed by atoms with Crippen LogP contribution in [-0.4, -0.2) is 27.0 Å². The van der Waals surface area contributed by atoms with Crippen molar-refractivity contribution >= 4 is 23.6 Å². The summed E-state index contributed by atoms with van der Waals surface area (Å²) in [6.07, 6.45) is 7.19. The first kappa shape index (κ1) is 14.3. The van der Waals surface area contributed by atoms with Crippen LogP contribution in [0.1, 0.15) is 15.9 Å². The zero-order valence-electron chi connectivity index (χ0n) is 10.7. The van der Waals surface area contributed by atoms with E-state index in [2.05, 4.69) is 15.3 Å². The number of carbonyl (C=O) groups is 2. The van der Waals surface area contributed by atoms with Crippen molar-refractivity contribution in [1.29, 1.82) is 0 Å². The highest BCUT2D eigenvalue weighted by Gasteiger charge is 2.12. The number of amides is 1. The molecule has 2 rings (SSSR count). The maximum atomic E-state index is 13.4. The van der Waals surface area contributed by atoms with Crippen LogP contribution in [0.5, 0.6) is 0 Å². The van der Waals surface area contributed by atoms with E-state index in [1.165, 1.54) is 36.8 Å². The molecule has 106 valence electrons. The third-order valence-electron chi connectivity index (χ3n) is 2.52. The molecule has 7 heteroatoms. The molecule has 0 saturated carbocycles. The Morgan fingerprint density at radius 2 is 1.90 bits per heavy atom. The first-order chi connectivity index (χ1) is 10.1. The van der Waals surface area contributed by atoms with E-state index in [-0.39, 0.29) is 11.3 Å². The Bertz CT molecular complexity index is 716. The Balaban J connectivity index is 2.28. The Labute approximate surface area is 119 Å². The van der Waals surface area contributed by atoms with Crippen LogP contribution in [0.25, 0.3) is 6.08 Å². The molecule has 2 N–H and O–H groups in total. The van der Waals surface area contributed by atoms with Gasteiger partial charge >= 0.3 is 5.97 Å². The Hall–Kier alpha value is -3.09. The van der Waals surface area contributed by atoms with Crippen LogP contribution in [0.4, 0.5) is 10.1 Å². The highest BCUT2D eigenvalue weighted by atomic mass is 19.1. The minimum Gasteiger partial charge on any atom is -0.478 e. The SMILES string of the molecule is O=C(O)/C=C/c1cnccc1C(=O)Nc1ccncc1F. The van der Waals surface area contributed by atoms with Gasteiger partial charge in [0.25, 0.3) is 5.91 Å². The van der Waals surface area contributed by atoms with Crippen LogP contribution in [0.2, 0.25) is 0 Å². The van der Waals surface area contributed by atoms with E-state index in [1.54, 1.807) is 0 Å². The van der Waals surface area contributed by atoms with Crippen molar-refractivity contribution in [2.75, 3.05) is 5.32 Å². The first-order valence-electron chi connectivity index (χ1n) is 5.84. The van der Waals surface area contributed by atoms with Crippen LogP contribution in [0, 0.1) is 5.82 Å². The van der Waals surface area contributed by atoms with Crippen molar-refractivity contribution in [1.82, 2.24) is 9.97 Å². The van der Waals surface area contributed by atoms with Gasteiger partial charge in [0.1, 0.15) is 0 Å². The lowest BCUT2D eigenvalue weighted by atomic mass is 10.1. The minimum atomic E-state index is -1.15. The molecule has 0 saturated heterocycles. The van der Waals surface area contributed by atoms with Gasteiger partial charge in [0.15, 0.2) is 5.82 Å². The molecular weight excluding hydrogens is 277 g/mol. The number of hydrogen-bond donors (Lipinski definition) is 2. The van der Waals surface area contributed by atoms with E-state index in [1.807, 2.05) is 0 Å². The van der Waals surface area contributed by atoms with Gasteiger partial charge in [-0.1, -0.05) is 0 Å². The Kier molecular flexibility index (Phi) is 4.35. The molecular formula is C14H10FN3O3. The molecule has 0 radical (unpaired) electrons. The van der Waals surface area contributed by atoms with E-state index in [9.17, 15) is 14.0 Å². The van der Waals surface area contributed by atoms with Gasteiger partial charge in [0.2, 0.25) is 0 Å². The van der Waals surface area contributed by atoms with Crippen molar-refractivity contribution < 1.29 is 19.1 Å². The number of aromatic nitrogens is 2. The molecule has 0 aliphatic heterocycles. The zero-order chi connectivity index (χ0) is 15.2. The lowest BCUT2D eigenvalue weighted by Crippen LogP contribution is -2.14. The van der Waals surface area contributed by atoms with Crippen molar-refractivity contribution in [3.8, 4) is 0 Å². The maximum Gasteiger partial charge on any atom is 0.328 e. The second-order valence-corrected chi connectivity index (χ2v) is 3.94. The topological polar surface area (TPSA) is 92.2 Å². The minimum absolute atomic E-state index is 0.0139. The average molecular weight is 287 g/mol. The van der Waals surface area contributed by atoms with Crippen LogP contribution in [0.15, 0.2) is 43.0 Å². The van der Waals surface area contributed by atoms with E-state index in [0.29, 0.717) is 5.56 Å². The van der Waals surface area contributed by atoms with Crippen molar-refractivity contribution in [2.45, 2.75) is 0 Å². The van der Waals surface area contributed by atoms with Gasteiger partial charge in [-0.2, -0.15) is 0 Å². The third kappa shape index (κ3) is 3.69. The highest BCUT2D eigenvalue weighted by Crippen LogP contribution is 2.15. The van der Waals surface area contributed by atoms with E-state index < -0.39 is 17.7 Å². The molecule has 0 atom stereocenters. The average Bonchev–Trinajstić information content (AvgIpc) is 2.47. The lowest BCUT2D eigenvalue weighted by molar-refractivity contribution is -0.131. The number of carboxylic acid groups (broad SMARTS) is 1. The van der Waals surface area contributed by atoms with E-state index >= 15 is 0 Å². The van der Waals surface area contributed by atoms with E-state index in [4.69, 9.17) is 5.11 Å². The third-order valence-corrected chi connectivity index (χ3v) is 2.52. The normalized spacial score (nSPS) is 10.5. The number of rotatable bonds is 4. The van der Waals surface area contributed by atoms with Gasteiger partial charge in [-0.15, -0.1) is 0 Å². The number of nitrogens with one attached hydrogen (secondary N) is 1. The molecule has 2 aromatic rings. The van der Waals surface area contributed by atoms with Crippen LogP contribution in [-0.2, 0) is 4.79 Å². The Morgan fingerprint density at radius 1 is 1.19 bits per heavy atom. The molecule has 0 aliphatic carbocycles. The van der Waals surface area contributed by atoms with Gasteiger partial charge < -0.3 is 10.4 Å². The number of carbonyl (C=O) groups excluding carboxylic acids is 1. The first-order valence-corrected chi connectivity index (χ1v) is 5.84. The van der Waals surface area contributed by atoms with Gasteiger partial charge in [-0.25, -0.2) is 9.18 Å². The zero-order valence-corrected chi connectivity index (χ0v) is 10.7. The molecule has 21 heavy (non-hydrogen) atoms. The Morgan fingerprint density at radius 3 is 2.62 bits per heavy atom. The van der Waals surface area contributed by atoms with Crippen molar-refractivity contribution in [3.05, 3.63) is 59.9 Å². The summed E-state index contributed by atoms with van der Waals surface area (Å²) in [7, 11) is 0. The number of aliphatic carboxylic acids is 1. The molecule has 0 aliphatic rings. The van der Waals surface area contributed by atoms with Crippen molar-refractivity contribution in [2.24, 2.45) is 0 Å².